The quantitative estimate of drug-likeness (QED) is 0.168. The molecule has 9 aromatic carbocycles. The van der Waals surface area contributed by atoms with Crippen molar-refractivity contribution in [2.45, 2.75) is 0 Å². The molecular formula is C57H34N4OS. The summed E-state index contributed by atoms with van der Waals surface area (Å²) in [4.78, 5) is 15.8. The third-order valence-electron chi connectivity index (χ3n) is 12.2. The zero-order chi connectivity index (χ0) is 41.4. The summed E-state index contributed by atoms with van der Waals surface area (Å²) in [5, 5.41) is 6.82. The van der Waals surface area contributed by atoms with E-state index in [1.165, 1.54) is 15.5 Å². The van der Waals surface area contributed by atoms with Crippen molar-refractivity contribution in [3.05, 3.63) is 206 Å². The second kappa shape index (κ2) is 14.2. The molecule has 4 aromatic heterocycles. The van der Waals surface area contributed by atoms with Gasteiger partial charge in [-0.05, 0) is 89.0 Å². The summed E-state index contributed by atoms with van der Waals surface area (Å²) >= 11 is 1.78. The van der Waals surface area contributed by atoms with Gasteiger partial charge in [-0.1, -0.05) is 140 Å². The van der Waals surface area contributed by atoms with Crippen molar-refractivity contribution in [1.29, 1.82) is 0 Å². The number of hydrogen-bond donors (Lipinski definition) is 0. The SMILES string of the molecule is c1ccc(-c2cccc(-c3nc(-c4ccccc4)nc(-c4cc(-c5ccc6c(c5)c5c7oc8ccccc8c7ccc5n6-c5ccccc5)cc5c4sc4ccccc45)n3)c2)cc1. The lowest BCUT2D eigenvalue weighted by molar-refractivity contribution is 0.673. The maximum Gasteiger partial charge on any atom is 0.165 e. The molecule has 13 aromatic rings. The van der Waals surface area contributed by atoms with Gasteiger partial charge in [-0.3, -0.25) is 0 Å². The van der Waals surface area contributed by atoms with Crippen LogP contribution >= 0.6 is 11.3 Å². The molecule has 0 aliphatic rings. The molecule has 0 spiro atoms. The molecule has 0 saturated heterocycles. The van der Waals surface area contributed by atoms with Crippen LogP contribution in [0, 0.1) is 0 Å². The van der Waals surface area contributed by atoms with Gasteiger partial charge in [0.1, 0.15) is 11.2 Å². The number of rotatable bonds is 6. The van der Waals surface area contributed by atoms with Crippen molar-refractivity contribution in [3.8, 4) is 62.1 Å². The van der Waals surface area contributed by atoms with Gasteiger partial charge in [-0.2, -0.15) is 0 Å². The van der Waals surface area contributed by atoms with Crippen molar-refractivity contribution >= 4 is 75.3 Å². The van der Waals surface area contributed by atoms with Gasteiger partial charge in [0.15, 0.2) is 17.5 Å². The maximum absolute atomic E-state index is 6.73. The first-order chi connectivity index (χ1) is 31.2. The number of aromatic nitrogens is 4. The van der Waals surface area contributed by atoms with Crippen LogP contribution in [0.1, 0.15) is 0 Å². The molecule has 0 N–H and O–H groups in total. The minimum Gasteiger partial charge on any atom is -0.455 e. The van der Waals surface area contributed by atoms with E-state index in [9.17, 15) is 0 Å². The Morgan fingerprint density at radius 3 is 1.83 bits per heavy atom. The molecule has 0 saturated carbocycles. The summed E-state index contributed by atoms with van der Waals surface area (Å²) in [7, 11) is 0. The normalized spacial score (nSPS) is 11.8. The second-order valence-corrected chi connectivity index (χ2v) is 17.0. The number of thiophene rings is 1. The van der Waals surface area contributed by atoms with Crippen molar-refractivity contribution < 1.29 is 4.42 Å². The Hall–Kier alpha value is -8.19. The summed E-state index contributed by atoms with van der Waals surface area (Å²) in [6.07, 6.45) is 0. The van der Waals surface area contributed by atoms with E-state index in [0.717, 1.165) is 93.1 Å². The lowest BCUT2D eigenvalue weighted by Gasteiger charge is -2.12. The molecule has 0 amide bonds. The van der Waals surface area contributed by atoms with Crippen LogP contribution in [-0.4, -0.2) is 19.5 Å². The zero-order valence-electron chi connectivity index (χ0n) is 33.7. The van der Waals surface area contributed by atoms with E-state index in [0.29, 0.717) is 17.5 Å². The molecule has 4 heterocycles. The van der Waals surface area contributed by atoms with E-state index >= 15 is 0 Å². The highest BCUT2D eigenvalue weighted by Gasteiger charge is 2.22. The summed E-state index contributed by atoms with van der Waals surface area (Å²) in [6.45, 7) is 0. The van der Waals surface area contributed by atoms with Crippen LogP contribution in [0.25, 0.3) is 126 Å². The molecule has 294 valence electrons. The Morgan fingerprint density at radius 1 is 0.381 bits per heavy atom. The minimum atomic E-state index is 0.626. The van der Waals surface area contributed by atoms with Gasteiger partial charge < -0.3 is 8.98 Å². The summed E-state index contributed by atoms with van der Waals surface area (Å²) in [5.74, 6) is 1.89. The highest BCUT2D eigenvalue weighted by molar-refractivity contribution is 7.26. The Kier molecular flexibility index (Phi) is 8.01. The molecular weight excluding hydrogens is 789 g/mol. The lowest BCUT2D eigenvalue weighted by Crippen LogP contribution is -2.00. The molecule has 0 unspecified atom stereocenters. The Morgan fingerprint density at radius 2 is 1.00 bits per heavy atom. The van der Waals surface area contributed by atoms with E-state index in [2.05, 4.69) is 180 Å². The molecule has 6 heteroatoms. The highest BCUT2D eigenvalue weighted by Crippen LogP contribution is 2.45. The van der Waals surface area contributed by atoms with Crippen LogP contribution < -0.4 is 0 Å². The Bertz CT molecular complexity index is 3910. The van der Waals surface area contributed by atoms with Gasteiger partial charge in [0.25, 0.3) is 0 Å². The van der Waals surface area contributed by atoms with Crippen LogP contribution in [0.4, 0.5) is 0 Å². The average molecular weight is 823 g/mol. The van der Waals surface area contributed by atoms with Crippen LogP contribution in [-0.2, 0) is 0 Å². The number of para-hydroxylation sites is 2. The summed E-state index contributed by atoms with van der Waals surface area (Å²) in [5.41, 5.74) is 12.3. The fourth-order valence-electron chi connectivity index (χ4n) is 9.29. The first kappa shape index (κ1) is 35.6. The number of benzene rings is 9. The van der Waals surface area contributed by atoms with Crippen molar-refractivity contribution in [2.24, 2.45) is 0 Å². The van der Waals surface area contributed by atoms with Crippen molar-refractivity contribution in [3.63, 3.8) is 0 Å². The van der Waals surface area contributed by atoms with E-state index in [4.69, 9.17) is 19.4 Å². The second-order valence-electron chi connectivity index (χ2n) is 16.0. The van der Waals surface area contributed by atoms with E-state index in [1.807, 2.05) is 30.3 Å². The topological polar surface area (TPSA) is 56.7 Å². The summed E-state index contributed by atoms with van der Waals surface area (Å²) in [6, 6.07) is 72.6. The number of fused-ring (bicyclic) bond motifs is 10. The molecule has 13 rings (SSSR count). The van der Waals surface area contributed by atoms with Gasteiger partial charge in [-0.15, -0.1) is 11.3 Å². The molecule has 63 heavy (non-hydrogen) atoms. The smallest absolute Gasteiger partial charge is 0.165 e. The lowest BCUT2D eigenvalue weighted by atomic mass is 9.97. The van der Waals surface area contributed by atoms with Gasteiger partial charge in [0.2, 0.25) is 0 Å². The maximum atomic E-state index is 6.73. The van der Waals surface area contributed by atoms with Crippen LogP contribution in [0.3, 0.4) is 0 Å². The molecule has 0 aliphatic heterocycles. The Labute approximate surface area is 365 Å². The standard InChI is InChI=1S/C57H34N4OS/c1-4-15-35(16-5-1)37-19-14-20-39(31-37)56-58-55(36-17-6-2-7-18-36)59-57(60-56)47-34-40(33-45-43-24-11-13-26-51(43)63-54(45)47)38-27-29-48-46(32-38)52-49(61(48)41-21-8-3-9-22-41)30-28-44-42-23-10-12-25-50(42)62-53(44)52/h1-34H. The number of nitrogens with zero attached hydrogens (tertiary/aromatic N) is 4. The Balaban J connectivity index is 1.07. The predicted octanol–water partition coefficient (Wildman–Crippen LogP) is 15.6. The van der Waals surface area contributed by atoms with Crippen LogP contribution in [0.15, 0.2) is 211 Å². The van der Waals surface area contributed by atoms with E-state index < -0.39 is 0 Å². The fourth-order valence-corrected chi connectivity index (χ4v) is 10.5. The first-order valence-corrected chi connectivity index (χ1v) is 21.9. The third kappa shape index (κ3) is 5.80. The van der Waals surface area contributed by atoms with Gasteiger partial charge in [0, 0.05) is 58.7 Å². The molecule has 5 nitrogen and oxygen atoms in total. The minimum absolute atomic E-state index is 0.626. The van der Waals surface area contributed by atoms with Crippen molar-refractivity contribution in [2.75, 3.05) is 0 Å². The largest absolute Gasteiger partial charge is 0.455 e. The first-order valence-electron chi connectivity index (χ1n) is 21.1. The molecule has 0 bridgehead atoms. The molecule has 0 radical (unpaired) electrons. The van der Waals surface area contributed by atoms with Gasteiger partial charge in [0.05, 0.1) is 16.4 Å². The van der Waals surface area contributed by atoms with E-state index in [1.54, 1.807) is 11.3 Å². The number of furan rings is 1. The molecule has 0 aliphatic carbocycles. The van der Waals surface area contributed by atoms with Crippen molar-refractivity contribution in [1.82, 2.24) is 19.5 Å². The molecule has 0 atom stereocenters. The fraction of sp³-hybridized carbons (Fsp3) is 0. The van der Waals surface area contributed by atoms with Crippen LogP contribution in [0.5, 0.6) is 0 Å². The third-order valence-corrected chi connectivity index (χ3v) is 13.5. The molecule has 0 fully saturated rings. The van der Waals surface area contributed by atoms with Gasteiger partial charge >= 0.3 is 0 Å². The van der Waals surface area contributed by atoms with Gasteiger partial charge in [-0.25, -0.2) is 15.0 Å². The summed E-state index contributed by atoms with van der Waals surface area (Å²) < 4.78 is 11.4. The predicted molar refractivity (Wildman–Crippen MR) is 262 cm³/mol. The van der Waals surface area contributed by atoms with Crippen LogP contribution in [0.2, 0.25) is 0 Å². The highest BCUT2D eigenvalue weighted by atomic mass is 32.1. The zero-order valence-corrected chi connectivity index (χ0v) is 34.6. The number of hydrogen-bond acceptors (Lipinski definition) is 5. The average Bonchev–Trinajstić information content (AvgIpc) is 4.04. The van der Waals surface area contributed by atoms with E-state index in [-0.39, 0.29) is 0 Å². The monoisotopic (exact) mass is 822 g/mol.